The lowest BCUT2D eigenvalue weighted by Gasteiger charge is -2.24. The van der Waals surface area contributed by atoms with Crippen LogP contribution in [0.4, 0.5) is 9.52 Å². The molecule has 0 bridgehead atoms. The quantitative estimate of drug-likeness (QED) is 0.455. The molecule has 1 amide bonds. The zero-order chi connectivity index (χ0) is 23.2. The highest BCUT2D eigenvalue weighted by Crippen LogP contribution is 2.44. The summed E-state index contributed by atoms with van der Waals surface area (Å²) in [7, 11) is 1.21. The highest BCUT2D eigenvalue weighted by molar-refractivity contribution is 7.17. The largest absolute Gasteiger partial charge is 0.503 e. The van der Waals surface area contributed by atoms with Crippen LogP contribution in [-0.2, 0) is 9.53 Å². The second-order valence-corrected chi connectivity index (χ2v) is 7.98. The molecule has 8 nitrogen and oxygen atoms in total. The zero-order valence-corrected chi connectivity index (χ0v) is 18.0. The van der Waals surface area contributed by atoms with E-state index in [1.807, 2.05) is 0 Å². The number of aromatic nitrogens is 1. The highest BCUT2D eigenvalue weighted by atomic mass is 32.1. The summed E-state index contributed by atoms with van der Waals surface area (Å²) in [5.74, 6) is -3.55. The molecule has 2 aromatic heterocycles. The number of aliphatic hydroxyl groups is 1. The lowest BCUT2D eigenvalue weighted by atomic mass is 9.95. The summed E-state index contributed by atoms with van der Waals surface area (Å²) in [4.78, 5) is 43.7. The number of amides is 1. The first-order chi connectivity index (χ1) is 15.2. The number of aryl methyl sites for hydroxylation is 2. The smallest absolute Gasteiger partial charge is 0.350 e. The molecule has 1 aliphatic rings. The molecule has 1 aliphatic heterocycles. The van der Waals surface area contributed by atoms with Crippen LogP contribution in [0.15, 0.2) is 52.1 Å². The van der Waals surface area contributed by atoms with Gasteiger partial charge < -0.3 is 14.3 Å². The number of Topliss-reactive ketones (excluding diaryl/α,β-unsaturated/α-hetero) is 1. The number of nitrogens with zero attached hydrogens (tertiary/aromatic N) is 2. The molecule has 3 aromatic rings. The summed E-state index contributed by atoms with van der Waals surface area (Å²) in [5, 5.41) is 10.7. The van der Waals surface area contributed by atoms with Gasteiger partial charge in [0.15, 0.2) is 16.7 Å². The number of anilines is 1. The third kappa shape index (κ3) is 3.38. The van der Waals surface area contributed by atoms with E-state index in [1.54, 1.807) is 26.0 Å². The molecular formula is C22H17FN2O6S. The summed E-state index contributed by atoms with van der Waals surface area (Å²) in [6, 6.07) is 7.24. The summed E-state index contributed by atoms with van der Waals surface area (Å²) < 4.78 is 24.9. The molecule has 1 aromatic carbocycles. The van der Waals surface area contributed by atoms with Crippen molar-refractivity contribution in [2.45, 2.75) is 19.9 Å². The molecule has 1 N–H and O–H groups in total. The van der Waals surface area contributed by atoms with Crippen LogP contribution in [0.5, 0.6) is 0 Å². The molecule has 4 rings (SSSR count). The number of methoxy groups -OCH3 is 1. The molecule has 0 aliphatic carbocycles. The van der Waals surface area contributed by atoms with Crippen molar-refractivity contribution in [3.8, 4) is 0 Å². The van der Waals surface area contributed by atoms with E-state index in [2.05, 4.69) is 4.98 Å². The van der Waals surface area contributed by atoms with Gasteiger partial charge in [-0.1, -0.05) is 29.5 Å². The molecule has 1 atom stereocenters. The van der Waals surface area contributed by atoms with E-state index in [0.29, 0.717) is 5.76 Å². The van der Waals surface area contributed by atoms with Gasteiger partial charge >= 0.3 is 5.97 Å². The molecule has 0 saturated heterocycles. The molecule has 32 heavy (non-hydrogen) atoms. The Balaban J connectivity index is 1.90. The van der Waals surface area contributed by atoms with Gasteiger partial charge in [0, 0.05) is 5.56 Å². The molecule has 164 valence electrons. The second kappa shape index (κ2) is 8.04. The number of ether oxygens (including phenoxy) is 1. The summed E-state index contributed by atoms with van der Waals surface area (Å²) in [6.45, 7) is 3.19. The number of thiazole rings is 1. The van der Waals surface area contributed by atoms with E-state index in [0.717, 1.165) is 16.2 Å². The van der Waals surface area contributed by atoms with Crippen molar-refractivity contribution in [3.63, 3.8) is 0 Å². The van der Waals surface area contributed by atoms with Crippen molar-refractivity contribution in [3.05, 3.63) is 81.2 Å². The van der Waals surface area contributed by atoms with E-state index >= 15 is 0 Å². The first-order valence-corrected chi connectivity index (χ1v) is 10.2. The Labute approximate surface area is 185 Å². The average Bonchev–Trinajstić information content (AvgIpc) is 3.44. The lowest BCUT2D eigenvalue weighted by molar-refractivity contribution is -0.117. The Kier molecular flexibility index (Phi) is 5.39. The van der Waals surface area contributed by atoms with Crippen molar-refractivity contribution < 1.29 is 33.0 Å². The fourth-order valence-electron chi connectivity index (χ4n) is 3.48. The number of furan rings is 1. The number of ketones is 1. The van der Waals surface area contributed by atoms with Crippen LogP contribution < -0.4 is 4.90 Å². The van der Waals surface area contributed by atoms with Gasteiger partial charge in [-0.15, -0.1) is 0 Å². The molecule has 0 unspecified atom stereocenters. The van der Waals surface area contributed by atoms with Gasteiger partial charge in [0.25, 0.3) is 5.91 Å². The summed E-state index contributed by atoms with van der Waals surface area (Å²) in [6.07, 6.45) is 0. The monoisotopic (exact) mass is 456 g/mol. The summed E-state index contributed by atoms with van der Waals surface area (Å²) >= 11 is 0.838. The SMILES string of the molecule is COC(=O)c1sc(N2C(=O)C(O)=C(C(=O)c3ccc(C)o3)[C@@H]2c2ccccc2F)nc1C. The number of rotatable bonds is 5. The van der Waals surface area contributed by atoms with Gasteiger partial charge in [-0.2, -0.15) is 0 Å². The molecular weight excluding hydrogens is 439 g/mol. The van der Waals surface area contributed by atoms with E-state index in [4.69, 9.17) is 9.15 Å². The van der Waals surface area contributed by atoms with Gasteiger partial charge in [-0.3, -0.25) is 14.5 Å². The molecule has 0 spiro atoms. The molecule has 0 fully saturated rings. The van der Waals surface area contributed by atoms with Crippen molar-refractivity contribution in [1.82, 2.24) is 4.98 Å². The Bertz CT molecular complexity index is 1290. The van der Waals surface area contributed by atoms with Gasteiger partial charge in [-0.25, -0.2) is 14.2 Å². The van der Waals surface area contributed by atoms with Crippen molar-refractivity contribution in [1.29, 1.82) is 0 Å². The highest BCUT2D eigenvalue weighted by Gasteiger charge is 2.47. The van der Waals surface area contributed by atoms with Crippen molar-refractivity contribution >= 4 is 34.1 Å². The zero-order valence-electron chi connectivity index (χ0n) is 17.2. The van der Waals surface area contributed by atoms with Gasteiger partial charge in [-0.05, 0) is 32.0 Å². The minimum atomic E-state index is -1.32. The maximum Gasteiger partial charge on any atom is 0.350 e. The minimum Gasteiger partial charge on any atom is -0.503 e. The number of hydrogen-bond donors (Lipinski definition) is 1. The molecule has 3 heterocycles. The predicted octanol–water partition coefficient (Wildman–Crippen LogP) is 4.06. The molecule has 0 radical (unpaired) electrons. The molecule has 0 saturated carbocycles. The Hall–Kier alpha value is -3.79. The van der Waals surface area contributed by atoms with Crippen LogP contribution in [0.3, 0.4) is 0 Å². The average molecular weight is 456 g/mol. The van der Waals surface area contributed by atoms with Crippen molar-refractivity contribution in [2.75, 3.05) is 12.0 Å². The Morgan fingerprint density at radius 3 is 2.56 bits per heavy atom. The normalized spacial score (nSPS) is 16.1. The minimum absolute atomic E-state index is 0.00567. The summed E-state index contributed by atoms with van der Waals surface area (Å²) in [5.41, 5.74) is -0.0798. The maximum atomic E-state index is 14.8. The predicted molar refractivity (Wildman–Crippen MR) is 112 cm³/mol. The number of esters is 1. The number of aliphatic hydroxyl groups excluding tert-OH is 1. The van der Waals surface area contributed by atoms with Crippen LogP contribution in [0.25, 0.3) is 0 Å². The van der Waals surface area contributed by atoms with E-state index in [1.165, 1.54) is 31.4 Å². The van der Waals surface area contributed by atoms with Gasteiger partial charge in [0.2, 0.25) is 5.78 Å². The fraction of sp³-hybridized carbons (Fsp3) is 0.182. The molecule has 10 heteroatoms. The van der Waals surface area contributed by atoms with E-state index in [-0.39, 0.29) is 32.6 Å². The van der Waals surface area contributed by atoms with Crippen LogP contribution in [-0.4, -0.2) is 34.9 Å². The number of carbonyl (C=O) groups is 3. The van der Waals surface area contributed by atoms with E-state index in [9.17, 15) is 23.9 Å². The van der Waals surface area contributed by atoms with Gasteiger partial charge in [0.1, 0.15) is 22.5 Å². The number of halogens is 1. The fourth-order valence-corrected chi connectivity index (χ4v) is 4.49. The maximum absolute atomic E-state index is 14.8. The second-order valence-electron chi connectivity index (χ2n) is 7.00. The van der Waals surface area contributed by atoms with Crippen LogP contribution in [0, 0.1) is 19.7 Å². The third-order valence-electron chi connectivity index (χ3n) is 4.98. The first-order valence-electron chi connectivity index (χ1n) is 9.42. The van der Waals surface area contributed by atoms with Crippen LogP contribution in [0.1, 0.15) is 43.3 Å². The standard InChI is InChI=1S/C22H17FN2O6S/c1-10-8-9-14(31-10)17(26)15-16(12-6-4-5-7-13(12)23)25(20(28)18(15)27)22-24-11(2)19(32-22)21(29)30-3/h4-9,16,27H,1-3H3/t16-/m0/s1. The number of carbonyl (C=O) groups excluding carboxylic acids is 3. The Morgan fingerprint density at radius 1 is 1.22 bits per heavy atom. The van der Waals surface area contributed by atoms with Gasteiger partial charge in [0.05, 0.1) is 18.4 Å². The first kappa shape index (κ1) is 21.4. The van der Waals surface area contributed by atoms with Crippen LogP contribution >= 0.6 is 11.3 Å². The number of hydrogen-bond acceptors (Lipinski definition) is 8. The van der Waals surface area contributed by atoms with Crippen LogP contribution in [0.2, 0.25) is 0 Å². The van der Waals surface area contributed by atoms with E-state index < -0.39 is 35.3 Å². The van der Waals surface area contributed by atoms with Crippen molar-refractivity contribution in [2.24, 2.45) is 0 Å². The lowest BCUT2D eigenvalue weighted by Crippen LogP contribution is -2.31. The topological polar surface area (TPSA) is 110 Å². The third-order valence-corrected chi connectivity index (χ3v) is 6.12. The number of benzene rings is 1. The Morgan fingerprint density at radius 2 is 1.94 bits per heavy atom.